The minimum absolute atomic E-state index is 0.259. The molecule has 1 aliphatic carbocycles. The van der Waals surface area contributed by atoms with Crippen LogP contribution < -0.4 is 4.90 Å². The molecule has 1 N–H and O–H groups in total. The van der Waals surface area contributed by atoms with Crippen LogP contribution in [0.1, 0.15) is 60.0 Å². The number of fused-ring (bicyclic) bond motifs is 1. The molecule has 4 nitrogen and oxygen atoms in total. The number of hydrogen-bond donors (Lipinski definition) is 1. The first-order valence-corrected chi connectivity index (χ1v) is 11.9. The summed E-state index contributed by atoms with van der Waals surface area (Å²) >= 11 is 0. The molecule has 2 aliphatic rings. The number of aliphatic hydroxyl groups excluding tert-OH is 1. The number of benzene rings is 2. The Bertz CT molecular complexity index is 875. The summed E-state index contributed by atoms with van der Waals surface area (Å²) in [7, 11) is 2.00. The molecule has 2 aromatic carbocycles. The summed E-state index contributed by atoms with van der Waals surface area (Å²) in [5, 5.41) is 10.7. The molecule has 2 aromatic rings. The fourth-order valence-corrected chi connectivity index (χ4v) is 5.18. The van der Waals surface area contributed by atoms with Gasteiger partial charge in [-0.05, 0) is 35.6 Å². The molecular formula is C27H36N2O2. The van der Waals surface area contributed by atoms with E-state index < -0.39 is 6.10 Å². The Kier molecular flexibility index (Phi) is 7.41. The number of carbonyl (C=O) groups excluding carboxylic acids is 1. The largest absolute Gasteiger partial charge is 0.390 e. The number of Topliss-reactive ketones (excluding diaryl/α,β-unsaturated/α-hetero) is 1. The van der Waals surface area contributed by atoms with E-state index in [1.165, 1.54) is 43.2 Å². The molecule has 0 radical (unpaired) electrons. The van der Waals surface area contributed by atoms with Crippen LogP contribution in [0.5, 0.6) is 0 Å². The molecule has 1 atom stereocenters. The summed E-state index contributed by atoms with van der Waals surface area (Å²) in [6.07, 6.45) is 7.52. The molecule has 166 valence electrons. The molecule has 4 heteroatoms. The maximum absolute atomic E-state index is 12.8. The van der Waals surface area contributed by atoms with Crippen molar-refractivity contribution in [2.24, 2.45) is 5.92 Å². The number of rotatable bonds is 8. The number of β-amino-alcohol motifs (C(OH)–C–C–N with tert-alkyl or cyclic N) is 1. The Morgan fingerprint density at radius 1 is 1.10 bits per heavy atom. The van der Waals surface area contributed by atoms with Crippen molar-refractivity contribution in [2.45, 2.75) is 57.6 Å². The van der Waals surface area contributed by atoms with Crippen LogP contribution in [-0.2, 0) is 13.0 Å². The van der Waals surface area contributed by atoms with Gasteiger partial charge in [-0.2, -0.15) is 0 Å². The lowest BCUT2D eigenvalue weighted by Gasteiger charge is -2.32. The highest BCUT2D eigenvalue weighted by molar-refractivity contribution is 5.97. The van der Waals surface area contributed by atoms with Crippen molar-refractivity contribution in [1.82, 2.24) is 4.90 Å². The quantitative estimate of drug-likeness (QED) is 0.629. The zero-order chi connectivity index (χ0) is 21.6. The molecule has 0 spiro atoms. The van der Waals surface area contributed by atoms with E-state index in [0.717, 1.165) is 30.8 Å². The molecule has 1 fully saturated rings. The van der Waals surface area contributed by atoms with Gasteiger partial charge < -0.3 is 10.0 Å². The minimum Gasteiger partial charge on any atom is -0.390 e. The van der Waals surface area contributed by atoms with Crippen molar-refractivity contribution in [2.75, 3.05) is 31.6 Å². The van der Waals surface area contributed by atoms with E-state index in [2.05, 4.69) is 34.1 Å². The van der Waals surface area contributed by atoms with E-state index in [1.807, 2.05) is 31.3 Å². The maximum Gasteiger partial charge on any atom is 0.163 e. The van der Waals surface area contributed by atoms with Crippen molar-refractivity contribution >= 4 is 11.5 Å². The molecule has 1 unspecified atom stereocenters. The van der Waals surface area contributed by atoms with E-state index in [4.69, 9.17) is 0 Å². The third kappa shape index (κ3) is 5.96. The summed E-state index contributed by atoms with van der Waals surface area (Å²) in [6, 6.07) is 16.5. The van der Waals surface area contributed by atoms with Gasteiger partial charge in [0, 0.05) is 50.9 Å². The highest BCUT2D eigenvalue weighted by Gasteiger charge is 2.21. The number of nitrogens with zero attached hydrogens (tertiary/aromatic N) is 2. The van der Waals surface area contributed by atoms with E-state index in [9.17, 15) is 9.90 Å². The second-order valence-corrected chi connectivity index (χ2v) is 9.47. The number of likely N-dealkylation sites (N-methyl/N-ethyl adjacent to an activating group) is 1. The van der Waals surface area contributed by atoms with E-state index in [-0.39, 0.29) is 5.78 Å². The highest BCUT2D eigenvalue weighted by atomic mass is 16.3. The monoisotopic (exact) mass is 420 g/mol. The van der Waals surface area contributed by atoms with Crippen LogP contribution in [0, 0.1) is 5.92 Å². The van der Waals surface area contributed by atoms with Gasteiger partial charge >= 0.3 is 0 Å². The second kappa shape index (κ2) is 10.4. The smallest absolute Gasteiger partial charge is 0.163 e. The molecule has 31 heavy (non-hydrogen) atoms. The van der Waals surface area contributed by atoms with Gasteiger partial charge in [0.15, 0.2) is 5.78 Å². The van der Waals surface area contributed by atoms with Crippen molar-refractivity contribution in [3.63, 3.8) is 0 Å². The predicted octanol–water partition coefficient (Wildman–Crippen LogP) is 4.70. The summed E-state index contributed by atoms with van der Waals surface area (Å²) in [5.74, 6) is 0.814. The van der Waals surface area contributed by atoms with Crippen LogP contribution in [0.25, 0.3) is 0 Å². The molecule has 0 bridgehead atoms. The van der Waals surface area contributed by atoms with Crippen molar-refractivity contribution in [1.29, 1.82) is 0 Å². The van der Waals surface area contributed by atoms with Crippen LogP contribution in [0.15, 0.2) is 48.5 Å². The fourth-order valence-electron chi connectivity index (χ4n) is 5.18. The maximum atomic E-state index is 12.8. The first-order chi connectivity index (χ1) is 15.1. The third-order valence-electron chi connectivity index (χ3n) is 6.97. The average molecular weight is 421 g/mol. The SMILES string of the molecule is CN(CC(O)CN1CCc2ccccc2C1)c1cccc(C(=O)CC2CCCCC2)c1. The van der Waals surface area contributed by atoms with Gasteiger partial charge in [0.2, 0.25) is 0 Å². The molecular weight excluding hydrogens is 384 g/mol. The zero-order valence-electron chi connectivity index (χ0n) is 18.8. The van der Waals surface area contributed by atoms with Crippen LogP contribution in [0.2, 0.25) is 0 Å². The lowest BCUT2D eigenvalue weighted by Crippen LogP contribution is -2.41. The number of aliphatic hydroxyl groups is 1. The Morgan fingerprint density at radius 3 is 2.68 bits per heavy atom. The van der Waals surface area contributed by atoms with Gasteiger partial charge in [-0.1, -0.05) is 68.5 Å². The summed E-state index contributed by atoms with van der Waals surface area (Å²) in [5.41, 5.74) is 4.60. The molecule has 1 saturated carbocycles. The van der Waals surface area contributed by atoms with Gasteiger partial charge in [-0.15, -0.1) is 0 Å². The third-order valence-corrected chi connectivity index (χ3v) is 6.97. The van der Waals surface area contributed by atoms with Crippen molar-refractivity contribution in [3.05, 3.63) is 65.2 Å². The van der Waals surface area contributed by atoms with E-state index in [0.29, 0.717) is 25.4 Å². The molecule has 1 aliphatic heterocycles. The Hall–Kier alpha value is -2.17. The normalized spacial score (nSPS) is 18.4. The molecule has 4 rings (SSSR count). The van der Waals surface area contributed by atoms with Crippen LogP contribution in [-0.4, -0.2) is 48.6 Å². The Balaban J connectivity index is 1.30. The average Bonchev–Trinajstić information content (AvgIpc) is 2.79. The summed E-state index contributed by atoms with van der Waals surface area (Å²) in [4.78, 5) is 17.2. The van der Waals surface area contributed by atoms with Crippen molar-refractivity contribution in [3.8, 4) is 0 Å². The van der Waals surface area contributed by atoms with E-state index in [1.54, 1.807) is 0 Å². The molecule has 0 aromatic heterocycles. The number of carbonyl (C=O) groups is 1. The first kappa shape index (κ1) is 22.0. The van der Waals surface area contributed by atoms with Crippen LogP contribution in [0.3, 0.4) is 0 Å². The van der Waals surface area contributed by atoms with Gasteiger partial charge in [0.25, 0.3) is 0 Å². The Morgan fingerprint density at radius 2 is 1.87 bits per heavy atom. The van der Waals surface area contributed by atoms with Crippen molar-refractivity contribution < 1.29 is 9.90 Å². The minimum atomic E-state index is -0.433. The second-order valence-electron chi connectivity index (χ2n) is 9.47. The molecule has 0 amide bonds. The fraction of sp³-hybridized carbons (Fsp3) is 0.519. The summed E-state index contributed by atoms with van der Waals surface area (Å²) < 4.78 is 0. The lowest BCUT2D eigenvalue weighted by molar-refractivity contribution is 0.0950. The molecule has 1 heterocycles. The summed E-state index contributed by atoms with van der Waals surface area (Å²) in [6.45, 7) is 3.11. The predicted molar refractivity (Wildman–Crippen MR) is 127 cm³/mol. The van der Waals surface area contributed by atoms with Gasteiger partial charge in [0.05, 0.1) is 6.10 Å². The number of hydrogen-bond acceptors (Lipinski definition) is 4. The van der Waals surface area contributed by atoms with Crippen LogP contribution >= 0.6 is 0 Å². The lowest BCUT2D eigenvalue weighted by atomic mass is 9.85. The van der Waals surface area contributed by atoms with Gasteiger partial charge in [-0.3, -0.25) is 9.69 Å². The van der Waals surface area contributed by atoms with Crippen LogP contribution in [0.4, 0.5) is 5.69 Å². The van der Waals surface area contributed by atoms with E-state index >= 15 is 0 Å². The van der Waals surface area contributed by atoms with Gasteiger partial charge in [0.1, 0.15) is 0 Å². The highest BCUT2D eigenvalue weighted by Crippen LogP contribution is 2.28. The topological polar surface area (TPSA) is 43.8 Å². The number of ketones is 1. The standard InChI is InChI=1S/C27H36N2O2/c1-28(19-26(30)20-29-15-14-22-10-5-6-11-24(22)18-29)25-13-7-12-23(17-25)27(31)16-21-8-3-2-4-9-21/h5-7,10-13,17,21,26,30H,2-4,8-9,14-16,18-20H2,1H3. The number of anilines is 1. The molecule has 0 saturated heterocycles. The first-order valence-electron chi connectivity index (χ1n) is 11.9. The zero-order valence-corrected chi connectivity index (χ0v) is 18.8. The van der Waals surface area contributed by atoms with Gasteiger partial charge in [-0.25, -0.2) is 0 Å². The Labute approximate surface area is 186 Å².